The Kier molecular flexibility index (Phi) is 3.46. The molecule has 2 unspecified atom stereocenters. The summed E-state index contributed by atoms with van der Waals surface area (Å²) in [6.07, 6.45) is 0.747. The van der Waals surface area contributed by atoms with Crippen molar-refractivity contribution >= 4 is 11.9 Å². The van der Waals surface area contributed by atoms with Gasteiger partial charge in [0.05, 0.1) is 13.2 Å². The molecule has 1 saturated heterocycles. The average molecular weight is 200 g/mol. The monoisotopic (exact) mass is 200 g/mol. The number of carbonyl (C=O) groups excluding carboxylic acids is 2. The molecule has 0 aromatic rings. The molecular weight excluding hydrogens is 184 g/mol. The minimum Gasteiger partial charge on any atom is -0.468 e. The number of nitrogens with one attached hydrogen (secondary N) is 1. The summed E-state index contributed by atoms with van der Waals surface area (Å²) in [5.41, 5.74) is 0. The van der Waals surface area contributed by atoms with Gasteiger partial charge in [-0.25, -0.2) is 0 Å². The quantitative estimate of drug-likeness (QED) is 0.616. The fourth-order valence-corrected chi connectivity index (χ4v) is 1.52. The first kappa shape index (κ1) is 11.0. The molecule has 0 saturated carbocycles. The van der Waals surface area contributed by atoms with Gasteiger partial charge in [-0.2, -0.15) is 0 Å². The second-order valence-electron chi connectivity index (χ2n) is 3.51. The highest BCUT2D eigenvalue weighted by Gasteiger charge is 2.31. The van der Waals surface area contributed by atoms with Crippen LogP contribution in [0, 0.1) is 0 Å². The van der Waals surface area contributed by atoms with Crippen LogP contribution in [0.3, 0.4) is 0 Å². The lowest BCUT2D eigenvalue weighted by Gasteiger charge is -2.16. The Labute approximate surface area is 83.4 Å². The highest BCUT2D eigenvalue weighted by atomic mass is 16.5. The number of likely N-dealkylation sites (tertiary alicyclic amines) is 1. The number of carbonyl (C=O) groups is 2. The number of hydrogen-bond acceptors (Lipinski definition) is 4. The molecular formula is C9H16N2O3. The summed E-state index contributed by atoms with van der Waals surface area (Å²) < 4.78 is 4.56. The van der Waals surface area contributed by atoms with Crippen molar-refractivity contribution in [2.45, 2.75) is 25.4 Å². The third kappa shape index (κ3) is 2.23. The van der Waals surface area contributed by atoms with Gasteiger partial charge >= 0.3 is 5.97 Å². The Morgan fingerprint density at radius 3 is 2.79 bits per heavy atom. The molecule has 0 aliphatic carbocycles. The van der Waals surface area contributed by atoms with E-state index >= 15 is 0 Å². The molecule has 1 amide bonds. The molecule has 0 radical (unpaired) electrons. The third-order valence-corrected chi connectivity index (χ3v) is 2.43. The zero-order valence-corrected chi connectivity index (χ0v) is 8.74. The molecule has 1 fully saturated rings. The number of likely N-dealkylation sites (N-methyl/N-ethyl adjacent to an activating group) is 1. The largest absolute Gasteiger partial charge is 0.468 e. The number of esters is 1. The van der Waals surface area contributed by atoms with Gasteiger partial charge < -0.3 is 9.64 Å². The van der Waals surface area contributed by atoms with Gasteiger partial charge in [0.15, 0.2) is 0 Å². The zero-order valence-electron chi connectivity index (χ0n) is 8.74. The van der Waals surface area contributed by atoms with Gasteiger partial charge in [-0.3, -0.25) is 14.9 Å². The fourth-order valence-electron chi connectivity index (χ4n) is 1.52. The second-order valence-corrected chi connectivity index (χ2v) is 3.51. The smallest absolute Gasteiger partial charge is 0.322 e. The highest BCUT2D eigenvalue weighted by Crippen LogP contribution is 2.09. The Hall–Kier alpha value is -1.10. The fraction of sp³-hybridized carbons (Fsp3) is 0.778. The molecule has 5 heteroatoms. The van der Waals surface area contributed by atoms with E-state index in [2.05, 4.69) is 10.1 Å². The summed E-state index contributed by atoms with van der Waals surface area (Å²) in [6, 6.07) is -0.672. The predicted molar refractivity (Wildman–Crippen MR) is 50.7 cm³/mol. The minimum atomic E-state index is -0.430. The van der Waals surface area contributed by atoms with Gasteiger partial charge in [-0.1, -0.05) is 0 Å². The van der Waals surface area contributed by atoms with Gasteiger partial charge in [0.25, 0.3) is 0 Å². The van der Waals surface area contributed by atoms with E-state index in [1.54, 1.807) is 18.9 Å². The first-order chi connectivity index (χ1) is 6.56. The summed E-state index contributed by atoms with van der Waals surface area (Å²) in [5, 5.41) is 2.94. The lowest BCUT2D eigenvalue weighted by atomic mass is 10.2. The van der Waals surface area contributed by atoms with Gasteiger partial charge in [0, 0.05) is 13.6 Å². The number of rotatable bonds is 3. The molecule has 1 heterocycles. The van der Waals surface area contributed by atoms with Crippen LogP contribution >= 0.6 is 0 Å². The Morgan fingerprint density at radius 2 is 2.36 bits per heavy atom. The SMILES string of the molecule is COC(=O)C(C)NC1CCN(C)C1=O. The van der Waals surface area contributed by atoms with Crippen molar-refractivity contribution in [1.82, 2.24) is 10.2 Å². The van der Waals surface area contributed by atoms with Crippen LogP contribution in [-0.2, 0) is 14.3 Å². The van der Waals surface area contributed by atoms with Crippen molar-refractivity contribution in [3.8, 4) is 0 Å². The molecule has 1 N–H and O–H groups in total. The summed E-state index contributed by atoms with van der Waals surface area (Å²) in [6.45, 7) is 2.43. The predicted octanol–water partition coefficient (Wildman–Crippen LogP) is -0.632. The Morgan fingerprint density at radius 1 is 1.71 bits per heavy atom. The van der Waals surface area contributed by atoms with E-state index in [0.29, 0.717) is 0 Å². The van der Waals surface area contributed by atoms with E-state index in [0.717, 1.165) is 13.0 Å². The van der Waals surface area contributed by atoms with E-state index in [1.807, 2.05) is 0 Å². The molecule has 1 aliphatic heterocycles. The topological polar surface area (TPSA) is 58.6 Å². The van der Waals surface area contributed by atoms with E-state index < -0.39 is 6.04 Å². The molecule has 80 valence electrons. The zero-order chi connectivity index (χ0) is 10.7. The van der Waals surface area contributed by atoms with Crippen molar-refractivity contribution in [2.75, 3.05) is 20.7 Å². The molecule has 0 bridgehead atoms. The molecule has 0 aromatic carbocycles. The third-order valence-electron chi connectivity index (χ3n) is 2.43. The van der Waals surface area contributed by atoms with Crippen LogP contribution in [0.4, 0.5) is 0 Å². The lowest BCUT2D eigenvalue weighted by Crippen LogP contribution is -2.45. The maximum atomic E-state index is 11.5. The normalized spacial score (nSPS) is 23.8. The second kappa shape index (κ2) is 4.41. The van der Waals surface area contributed by atoms with Crippen LogP contribution in [0.15, 0.2) is 0 Å². The van der Waals surface area contributed by atoms with Crippen LogP contribution in [0.25, 0.3) is 0 Å². The van der Waals surface area contributed by atoms with Crippen molar-refractivity contribution < 1.29 is 14.3 Å². The van der Waals surface area contributed by atoms with E-state index in [1.165, 1.54) is 7.11 Å². The standard InChI is InChI=1S/C9H16N2O3/c1-6(9(13)14-3)10-7-4-5-11(2)8(7)12/h6-7,10H,4-5H2,1-3H3. The van der Waals surface area contributed by atoms with Crippen LogP contribution < -0.4 is 5.32 Å². The summed E-state index contributed by atoms with van der Waals surface area (Å²) in [5.74, 6) is -0.298. The number of amides is 1. The molecule has 0 spiro atoms. The summed E-state index contributed by atoms with van der Waals surface area (Å²) in [7, 11) is 3.09. The van der Waals surface area contributed by atoms with E-state index in [4.69, 9.17) is 0 Å². The lowest BCUT2D eigenvalue weighted by molar-refractivity contribution is -0.143. The molecule has 0 aromatic heterocycles. The molecule has 5 nitrogen and oxygen atoms in total. The van der Waals surface area contributed by atoms with Crippen LogP contribution in [0.5, 0.6) is 0 Å². The van der Waals surface area contributed by atoms with E-state index in [-0.39, 0.29) is 17.9 Å². The van der Waals surface area contributed by atoms with E-state index in [9.17, 15) is 9.59 Å². The maximum Gasteiger partial charge on any atom is 0.322 e. The molecule has 14 heavy (non-hydrogen) atoms. The van der Waals surface area contributed by atoms with Crippen molar-refractivity contribution in [1.29, 1.82) is 0 Å². The van der Waals surface area contributed by atoms with Crippen molar-refractivity contribution in [2.24, 2.45) is 0 Å². The van der Waals surface area contributed by atoms with Crippen molar-refractivity contribution in [3.05, 3.63) is 0 Å². The van der Waals surface area contributed by atoms with Crippen LogP contribution in [-0.4, -0.2) is 49.6 Å². The van der Waals surface area contributed by atoms with Gasteiger partial charge in [0.2, 0.25) is 5.91 Å². The van der Waals surface area contributed by atoms with Crippen molar-refractivity contribution in [3.63, 3.8) is 0 Å². The number of ether oxygens (including phenoxy) is 1. The molecule has 2 atom stereocenters. The summed E-state index contributed by atoms with van der Waals surface area (Å²) in [4.78, 5) is 24.2. The highest BCUT2D eigenvalue weighted by molar-refractivity contribution is 5.85. The van der Waals surface area contributed by atoms with Gasteiger partial charge in [-0.15, -0.1) is 0 Å². The number of nitrogens with zero attached hydrogens (tertiary/aromatic N) is 1. The summed E-state index contributed by atoms with van der Waals surface area (Å²) >= 11 is 0. The number of methoxy groups -OCH3 is 1. The molecule has 1 rings (SSSR count). The van der Waals surface area contributed by atoms with Gasteiger partial charge in [0.1, 0.15) is 6.04 Å². The Bertz CT molecular complexity index is 242. The van der Waals surface area contributed by atoms with Crippen LogP contribution in [0.1, 0.15) is 13.3 Å². The van der Waals surface area contributed by atoms with Crippen LogP contribution in [0.2, 0.25) is 0 Å². The number of hydrogen-bond donors (Lipinski definition) is 1. The average Bonchev–Trinajstić information content (AvgIpc) is 2.48. The molecule has 1 aliphatic rings. The maximum absolute atomic E-state index is 11.5. The first-order valence-electron chi connectivity index (χ1n) is 4.65. The Balaban J connectivity index is 2.45. The minimum absolute atomic E-state index is 0.0424. The van der Waals surface area contributed by atoms with Gasteiger partial charge in [-0.05, 0) is 13.3 Å². The first-order valence-corrected chi connectivity index (χ1v) is 4.65.